The summed E-state index contributed by atoms with van der Waals surface area (Å²) in [6, 6.07) is 9.00. The van der Waals surface area contributed by atoms with E-state index < -0.39 is 0 Å². The summed E-state index contributed by atoms with van der Waals surface area (Å²) in [5.41, 5.74) is 1.10. The highest BCUT2D eigenvalue weighted by Gasteiger charge is 2.34. The Morgan fingerprint density at radius 3 is 2.45 bits per heavy atom. The van der Waals surface area contributed by atoms with Crippen molar-refractivity contribution >= 4 is 29.9 Å². The molecule has 2 saturated heterocycles. The van der Waals surface area contributed by atoms with Gasteiger partial charge in [0.05, 0.1) is 6.04 Å². The van der Waals surface area contributed by atoms with Gasteiger partial charge in [0.1, 0.15) is 0 Å². The molecule has 0 aliphatic carbocycles. The highest BCUT2D eigenvalue weighted by Crippen LogP contribution is 2.32. The molecule has 2 aliphatic heterocycles. The summed E-state index contributed by atoms with van der Waals surface area (Å²) in [6.07, 6.45) is 5.53. The van der Waals surface area contributed by atoms with Crippen molar-refractivity contribution in [3.8, 4) is 0 Å². The van der Waals surface area contributed by atoms with E-state index in [4.69, 9.17) is 11.6 Å². The van der Waals surface area contributed by atoms with Crippen LogP contribution in [0.5, 0.6) is 0 Å². The first-order valence-corrected chi connectivity index (χ1v) is 8.29. The number of piperidine rings is 1. The van der Waals surface area contributed by atoms with E-state index in [1.807, 2.05) is 31.2 Å². The number of hydrogen-bond donors (Lipinski definition) is 2. The fourth-order valence-electron chi connectivity index (χ4n) is 3.74. The van der Waals surface area contributed by atoms with E-state index in [9.17, 15) is 4.79 Å². The number of carbonyl (C=O) groups is 1. The monoisotopic (exact) mass is 342 g/mol. The maximum Gasteiger partial charge on any atom is 0.220 e. The van der Waals surface area contributed by atoms with Crippen LogP contribution >= 0.6 is 24.0 Å². The summed E-state index contributed by atoms with van der Waals surface area (Å²) in [4.78, 5) is 12.2. The van der Waals surface area contributed by atoms with Gasteiger partial charge in [-0.15, -0.1) is 12.4 Å². The smallest absolute Gasteiger partial charge is 0.220 e. The lowest BCUT2D eigenvalue weighted by Crippen LogP contribution is -2.40. The van der Waals surface area contributed by atoms with Crippen LogP contribution in [0.3, 0.4) is 0 Å². The Hall–Kier alpha value is -0.770. The molecular formula is C17H24Cl2N2O. The molecule has 0 saturated carbocycles. The van der Waals surface area contributed by atoms with Gasteiger partial charge in [-0.25, -0.2) is 0 Å². The van der Waals surface area contributed by atoms with Crippen LogP contribution in [0, 0.1) is 5.92 Å². The van der Waals surface area contributed by atoms with Gasteiger partial charge in [-0.1, -0.05) is 23.7 Å². The summed E-state index contributed by atoms with van der Waals surface area (Å²) in [5, 5.41) is 7.46. The first-order valence-electron chi connectivity index (χ1n) is 7.91. The van der Waals surface area contributed by atoms with E-state index in [1.54, 1.807) is 0 Å². The molecule has 3 nitrogen and oxygen atoms in total. The lowest BCUT2D eigenvalue weighted by Gasteiger charge is -2.29. The molecule has 2 heterocycles. The van der Waals surface area contributed by atoms with Crippen LogP contribution in [0.1, 0.15) is 50.6 Å². The van der Waals surface area contributed by atoms with Crippen LogP contribution in [-0.4, -0.2) is 18.0 Å². The van der Waals surface area contributed by atoms with Gasteiger partial charge in [-0.05, 0) is 56.2 Å². The van der Waals surface area contributed by atoms with E-state index in [-0.39, 0.29) is 24.4 Å². The first-order chi connectivity index (χ1) is 10.1. The Balaban J connectivity index is 0.00000176. The molecule has 3 atom stereocenters. The zero-order valence-electron chi connectivity index (χ0n) is 12.8. The van der Waals surface area contributed by atoms with E-state index >= 15 is 0 Å². The molecule has 5 heteroatoms. The Labute approximate surface area is 143 Å². The summed E-state index contributed by atoms with van der Waals surface area (Å²) in [6.45, 7) is 2.02. The van der Waals surface area contributed by atoms with Gasteiger partial charge in [-0.3, -0.25) is 4.79 Å². The Morgan fingerprint density at radius 2 is 1.86 bits per heavy atom. The Morgan fingerprint density at radius 1 is 1.27 bits per heavy atom. The SMILES string of the molecule is CC(NC(=O)CC1CC2CCC(C1)N2)c1ccc(Cl)cc1.Cl. The van der Waals surface area contributed by atoms with E-state index in [0.717, 1.165) is 23.4 Å². The minimum Gasteiger partial charge on any atom is -0.350 e. The molecule has 1 amide bonds. The molecule has 2 fully saturated rings. The predicted molar refractivity (Wildman–Crippen MR) is 92.5 cm³/mol. The van der Waals surface area contributed by atoms with Gasteiger partial charge in [0.2, 0.25) is 5.91 Å². The van der Waals surface area contributed by atoms with Gasteiger partial charge in [0.25, 0.3) is 0 Å². The molecule has 0 spiro atoms. The van der Waals surface area contributed by atoms with Crippen LogP contribution in [-0.2, 0) is 4.79 Å². The molecule has 0 radical (unpaired) electrons. The number of fused-ring (bicyclic) bond motifs is 2. The summed E-state index contributed by atoms with van der Waals surface area (Å²) in [7, 11) is 0. The first kappa shape index (κ1) is 17.6. The van der Waals surface area contributed by atoms with Crippen LogP contribution in [0.15, 0.2) is 24.3 Å². The molecule has 0 aromatic heterocycles. The maximum absolute atomic E-state index is 12.2. The molecule has 3 rings (SSSR count). The number of amides is 1. The second-order valence-electron chi connectivity index (χ2n) is 6.52. The zero-order chi connectivity index (χ0) is 14.8. The largest absolute Gasteiger partial charge is 0.350 e. The zero-order valence-corrected chi connectivity index (χ0v) is 14.4. The quantitative estimate of drug-likeness (QED) is 0.872. The summed E-state index contributed by atoms with van der Waals surface area (Å²) in [5.74, 6) is 0.713. The average molecular weight is 343 g/mol. The fourth-order valence-corrected chi connectivity index (χ4v) is 3.87. The van der Waals surface area contributed by atoms with Crippen LogP contribution < -0.4 is 10.6 Å². The van der Waals surface area contributed by atoms with Gasteiger partial charge < -0.3 is 10.6 Å². The minimum atomic E-state index is 0. The molecule has 2 aliphatic rings. The van der Waals surface area contributed by atoms with Crippen molar-refractivity contribution in [2.24, 2.45) is 5.92 Å². The average Bonchev–Trinajstić information content (AvgIpc) is 2.78. The normalized spacial score (nSPS) is 27.8. The van der Waals surface area contributed by atoms with Crippen molar-refractivity contribution in [3.63, 3.8) is 0 Å². The molecule has 1 aromatic rings. The molecule has 2 N–H and O–H groups in total. The highest BCUT2D eigenvalue weighted by atomic mass is 35.5. The van der Waals surface area contributed by atoms with Crippen molar-refractivity contribution < 1.29 is 4.79 Å². The number of hydrogen-bond acceptors (Lipinski definition) is 2. The van der Waals surface area contributed by atoms with Gasteiger partial charge in [0, 0.05) is 23.5 Å². The number of nitrogens with one attached hydrogen (secondary N) is 2. The van der Waals surface area contributed by atoms with Crippen molar-refractivity contribution in [3.05, 3.63) is 34.9 Å². The third kappa shape index (κ3) is 4.37. The Bertz CT molecular complexity index is 494. The molecule has 1 aromatic carbocycles. The lowest BCUT2D eigenvalue weighted by atomic mass is 9.89. The van der Waals surface area contributed by atoms with E-state index in [2.05, 4.69) is 10.6 Å². The number of halogens is 2. The predicted octanol–water partition coefficient (Wildman–Crippen LogP) is 3.86. The minimum absolute atomic E-state index is 0. The molecule has 122 valence electrons. The van der Waals surface area contributed by atoms with Crippen molar-refractivity contribution in [2.75, 3.05) is 0 Å². The number of rotatable bonds is 4. The van der Waals surface area contributed by atoms with Crippen LogP contribution in [0.25, 0.3) is 0 Å². The third-order valence-corrected chi connectivity index (χ3v) is 5.04. The van der Waals surface area contributed by atoms with Crippen molar-refractivity contribution in [1.29, 1.82) is 0 Å². The highest BCUT2D eigenvalue weighted by molar-refractivity contribution is 6.30. The van der Waals surface area contributed by atoms with Crippen molar-refractivity contribution in [2.45, 2.75) is 57.2 Å². The van der Waals surface area contributed by atoms with Gasteiger partial charge >= 0.3 is 0 Å². The van der Waals surface area contributed by atoms with Gasteiger partial charge in [0.15, 0.2) is 0 Å². The van der Waals surface area contributed by atoms with Crippen molar-refractivity contribution in [1.82, 2.24) is 10.6 Å². The second-order valence-corrected chi connectivity index (χ2v) is 6.96. The summed E-state index contributed by atoms with van der Waals surface area (Å²) < 4.78 is 0. The Kier molecular flexibility index (Phi) is 6.13. The fraction of sp³-hybridized carbons (Fsp3) is 0.588. The summed E-state index contributed by atoms with van der Waals surface area (Å²) >= 11 is 5.89. The lowest BCUT2D eigenvalue weighted by molar-refractivity contribution is -0.122. The molecule has 2 bridgehead atoms. The molecule has 22 heavy (non-hydrogen) atoms. The number of carbonyl (C=O) groups excluding carboxylic acids is 1. The third-order valence-electron chi connectivity index (χ3n) is 4.79. The number of benzene rings is 1. The maximum atomic E-state index is 12.2. The van der Waals surface area contributed by atoms with Crippen LogP contribution in [0.4, 0.5) is 0 Å². The van der Waals surface area contributed by atoms with E-state index in [0.29, 0.717) is 24.4 Å². The molecular weight excluding hydrogens is 319 g/mol. The van der Waals surface area contributed by atoms with E-state index in [1.165, 1.54) is 12.8 Å². The second kappa shape index (κ2) is 7.67. The van der Waals surface area contributed by atoms with Gasteiger partial charge in [-0.2, -0.15) is 0 Å². The molecule has 3 unspecified atom stereocenters. The van der Waals surface area contributed by atoms with Crippen LogP contribution in [0.2, 0.25) is 5.02 Å². The topological polar surface area (TPSA) is 41.1 Å². The standard InChI is InChI=1S/C17H23ClN2O.ClH/c1-11(13-2-4-14(18)5-3-13)19-17(21)10-12-8-15-6-7-16(9-12)20-15;/h2-5,11-12,15-16,20H,6-10H2,1H3,(H,19,21);1H.